The summed E-state index contributed by atoms with van der Waals surface area (Å²) in [5.41, 5.74) is 7.86. The number of anilines is 1. The molecule has 0 bridgehead atoms. The predicted octanol–water partition coefficient (Wildman–Crippen LogP) is 1.42. The molecule has 2 aromatic heterocycles. The zero-order valence-corrected chi connectivity index (χ0v) is 8.39. The average Bonchev–Trinajstić information content (AvgIpc) is 2.86. The van der Waals surface area contributed by atoms with Gasteiger partial charge in [-0.15, -0.1) is 0 Å². The fourth-order valence-corrected chi connectivity index (χ4v) is 2.02. The van der Waals surface area contributed by atoms with E-state index in [9.17, 15) is 0 Å². The van der Waals surface area contributed by atoms with E-state index in [1.54, 1.807) is 0 Å². The SMILES string of the molecule is Nc1cccc2nc(C3CCOC3)cn12. The Morgan fingerprint density at radius 1 is 1.47 bits per heavy atom. The molecule has 2 N–H and O–H groups in total. The number of hydrogen-bond acceptors (Lipinski definition) is 3. The molecule has 0 saturated carbocycles. The molecule has 0 aliphatic carbocycles. The van der Waals surface area contributed by atoms with Crippen LogP contribution in [0, 0.1) is 0 Å². The molecule has 3 heterocycles. The van der Waals surface area contributed by atoms with Crippen molar-refractivity contribution in [2.75, 3.05) is 18.9 Å². The molecule has 78 valence electrons. The maximum absolute atomic E-state index is 5.86. The predicted molar refractivity (Wildman–Crippen MR) is 57.8 cm³/mol. The van der Waals surface area contributed by atoms with E-state index in [-0.39, 0.29) is 0 Å². The summed E-state index contributed by atoms with van der Waals surface area (Å²) in [7, 11) is 0. The van der Waals surface area contributed by atoms with Gasteiger partial charge in [0.05, 0.1) is 12.3 Å². The first kappa shape index (κ1) is 8.73. The molecule has 1 aliphatic heterocycles. The van der Waals surface area contributed by atoms with Gasteiger partial charge >= 0.3 is 0 Å². The molecule has 1 fully saturated rings. The fraction of sp³-hybridized carbons (Fsp3) is 0.364. The van der Waals surface area contributed by atoms with Gasteiger partial charge in [0.15, 0.2) is 0 Å². The number of fused-ring (bicyclic) bond motifs is 1. The van der Waals surface area contributed by atoms with E-state index in [0.717, 1.165) is 36.8 Å². The summed E-state index contributed by atoms with van der Waals surface area (Å²) in [6.07, 6.45) is 3.08. The van der Waals surface area contributed by atoms with E-state index in [4.69, 9.17) is 10.5 Å². The van der Waals surface area contributed by atoms with Gasteiger partial charge in [-0.1, -0.05) is 6.07 Å². The monoisotopic (exact) mass is 203 g/mol. The van der Waals surface area contributed by atoms with Gasteiger partial charge in [0, 0.05) is 18.7 Å². The summed E-state index contributed by atoms with van der Waals surface area (Å²) in [5, 5.41) is 0. The summed E-state index contributed by atoms with van der Waals surface area (Å²) < 4.78 is 7.28. The van der Waals surface area contributed by atoms with Crippen LogP contribution in [0.1, 0.15) is 18.0 Å². The minimum Gasteiger partial charge on any atom is -0.385 e. The molecule has 0 spiro atoms. The number of nitrogen functional groups attached to an aromatic ring is 1. The zero-order chi connectivity index (χ0) is 10.3. The van der Waals surface area contributed by atoms with Crippen molar-refractivity contribution in [3.8, 4) is 0 Å². The van der Waals surface area contributed by atoms with Gasteiger partial charge in [-0.25, -0.2) is 4.98 Å². The number of rotatable bonds is 1. The Bertz CT molecular complexity index is 486. The number of hydrogen-bond donors (Lipinski definition) is 1. The van der Waals surface area contributed by atoms with Crippen molar-refractivity contribution in [2.45, 2.75) is 12.3 Å². The Kier molecular flexibility index (Phi) is 1.89. The van der Waals surface area contributed by atoms with E-state index in [1.165, 1.54) is 0 Å². The summed E-state index contributed by atoms with van der Waals surface area (Å²) in [5.74, 6) is 1.16. The molecular weight excluding hydrogens is 190 g/mol. The van der Waals surface area contributed by atoms with Crippen LogP contribution in [0.4, 0.5) is 5.82 Å². The van der Waals surface area contributed by atoms with Gasteiger partial charge in [-0.3, -0.25) is 4.40 Å². The minimum absolute atomic E-state index is 0.435. The lowest BCUT2D eigenvalue weighted by Gasteiger charge is -2.00. The molecule has 3 rings (SSSR count). The maximum atomic E-state index is 5.86. The van der Waals surface area contributed by atoms with E-state index in [2.05, 4.69) is 4.98 Å². The maximum Gasteiger partial charge on any atom is 0.138 e. The van der Waals surface area contributed by atoms with Crippen LogP contribution in [-0.4, -0.2) is 22.6 Å². The number of ether oxygens (including phenoxy) is 1. The average molecular weight is 203 g/mol. The molecule has 2 aromatic rings. The first-order chi connectivity index (χ1) is 7.34. The molecule has 4 nitrogen and oxygen atoms in total. The fourth-order valence-electron chi connectivity index (χ4n) is 2.02. The van der Waals surface area contributed by atoms with Gasteiger partial charge in [0.1, 0.15) is 11.5 Å². The van der Waals surface area contributed by atoms with Crippen molar-refractivity contribution in [2.24, 2.45) is 0 Å². The number of pyridine rings is 1. The lowest BCUT2D eigenvalue weighted by molar-refractivity contribution is 0.193. The third-order valence-corrected chi connectivity index (χ3v) is 2.89. The van der Waals surface area contributed by atoms with E-state index in [1.807, 2.05) is 28.8 Å². The standard InChI is InChI=1S/C11H13N3O/c12-10-2-1-3-11-13-9(6-14(10)11)8-4-5-15-7-8/h1-3,6,8H,4-5,7,12H2. The van der Waals surface area contributed by atoms with Crippen molar-refractivity contribution in [3.05, 3.63) is 30.1 Å². The lowest BCUT2D eigenvalue weighted by atomic mass is 10.1. The van der Waals surface area contributed by atoms with Crippen LogP contribution in [0.2, 0.25) is 0 Å². The molecule has 1 atom stereocenters. The van der Waals surface area contributed by atoms with Crippen molar-refractivity contribution >= 4 is 11.5 Å². The largest absolute Gasteiger partial charge is 0.385 e. The van der Waals surface area contributed by atoms with Crippen LogP contribution in [0.15, 0.2) is 24.4 Å². The first-order valence-corrected chi connectivity index (χ1v) is 5.16. The van der Waals surface area contributed by atoms with E-state index < -0.39 is 0 Å². The summed E-state index contributed by atoms with van der Waals surface area (Å²) in [6, 6.07) is 5.77. The topological polar surface area (TPSA) is 52.5 Å². The molecule has 0 radical (unpaired) electrons. The molecule has 1 saturated heterocycles. The van der Waals surface area contributed by atoms with Crippen LogP contribution >= 0.6 is 0 Å². The second kappa shape index (κ2) is 3.24. The second-order valence-corrected chi connectivity index (χ2v) is 3.91. The zero-order valence-electron chi connectivity index (χ0n) is 8.39. The number of aromatic nitrogens is 2. The molecule has 0 amide bonds. The highest BCUT2D eigenvalue weighted by Gasteiger charge is 2.20. The van der Waals surface area contributed by atoms with E-state index >= 15 is 0 Å². The van der Waals surface area contributed by atoms with Crippen molar-refractivity contribution in [3.63, 3.8) is 0 Å². The third kappa shape index (κ3) is 1.37. The van der Waals surface area contributed by atoms with Crippen molar-refractivity contribution < 1.29 is 4.74 Å². The van der Waals surface area contributed by atoms with Crippen LogP contribution in [0.25, 0.3) is 5.65 Å². The van der Waals surface area contributed by atoms with Gasteiger partial charge in [0.2, 0.25) is 0 Å². The Labute approximate surface area is 87.7 Å². The molecule has 15 heavy (non-hydrogen) atoms. The van der Waals surface area contributed by atoms with Crippen LogP contribution in [0.5, 0.6) is 0 Å². The molecule has 1 unspecified atom stereocenters. The first-order valence-electron chi connectivity index (χ1n) is 5.16. The number of nitrogens with two attached hydrogens (primary N) is 1. The second-order valence-electron chi connectivity index (χ2n) is 3.91. The highest BCUT2D eigenvalue weighted by molar-refractivity contribution is 5.49. The number of nitrogens with zero attached hydrogens (tertiary/aromatic N) is 2. The number of imidazole rings is 1. The van der Waals surface area contributed by atoms with Crippen LogP contribution in [-0.2, 0) is 4.74 Å². The molecular formula is C11H13N3O. The van der Waals surface area contributed by atoms with Gasteiger partial charge in [-0.05, 0) is 18.6 Å². The van der Waals surface area contributed by atoms with Crippen LogP contribution < -0.4 is 5.73 Å². The Hall–Kier alpha value is -1.55. The molecule has 1 aliphatic rings. The minimum atomic E-state index is 0.435. The highest BCUT2D eigenvalue weighted by Crippen LogP contribution is 2.25. The van der Waals surface area contributed by atoms with Crippen molar-refractivity contribution in [1.29, 1.82) is 0 Å². The van der Waals surface area contributed by atoms with Gasteiger partial charge in [-0.2, -0.15) is 0 Å². The quantitative estimate of drug-likeness (QED) is 0.762. The normalized spacial score (nSPS) is 21.2. The van der Waals surface area contributed by atoms with Crippen LogP contribution in [0.3, 0.4) is 0 Å². The van der Waals surface area contributed by atoms with Crippen molar-refractivity contribution in [1.82, 2.24) is 9.38 Å². The third-order valence-electron chi connectivity index (χ3n) is 2.89. The van der Waals surface area contributed by atoms with Gasteiger partial charge in [0.25, 0.3) is 0 Å². The highest BCUT2D eigenvalue weighted by atomic mass is 16.5. The van der Waals surface area contributed by atoms with E-state index in [0.29, 0.717) is 5.92 Å². The molecule has 4 heteroatoms. The van der Waals surface area contributed by atoms with Gasteiger partial charge < -0.3 is 10.5 Å². The Balaban J connectivity index is 2.09. The smallest absolute Gasteiger partial charge is 0.138 e. The Morgan fingerprint density at radius 3 is 3.13 bits per heavy atom. The Morgan fingerprint density at radius 2 is 2.40 bits per heavy atom. The summed E-state index contributed by atoms with van der Waals surface area (Å²) in [4.78, 5) is 4.56. The summed E-state index contributed by atoms with van der Waals surface area (Å²) >= 11 is 0. The summed E-state index contributed by atoms with van der Waals surface area (Å²) in [6.45, 7) is 1.62. The lowest BCUT2D eigenvalue weighted by Crippen LogP contribution is -1.97. The molecule has 0 aromatic carbocycles.